The molecule has 0 unspecified atom stereocenters. The quantitative estimate of drug-likeness (QED) is 0.826. The van der Waals surface area contributed by atoms with Crippen molar-refractivity contribution < 1.29 is 0 Å². The standard InChI is InChI=1S/C9H9BrN4OS/c1-14-8(15)12-13-9(14)16-7-3-2-5(10)4-6(7)11/h2-4H,11H2,1H3,(H,12,15). The van der Waals surface area contributed by atoms with Crippen molar-refractivity contribution in [2.24, 2.45) is 7.05 Å². The first-order valence-corrected chi connectivity index (χ1v) is 6.03. The number of nitrogens with zero attached hydrogens (tertiary/aromatic N) is 2. The van der Waals surface area contributed by atoms with Gasteiger partial charge in [0, 0.05) is 22.1 Å². The average Bonchev–Trinajstić information content (AvgIpc) is 2.54. The van der Waals surface area contributed by atoms with Crippen molar-refractivity contribution in [1.82, 2.24) is 14.8 Å². The van der Waals surface area contributed by atoms with Gasteiger partial charge in [-0.1, -0.05) is 15.9 Å². The van der Waals surface area contributed by atoms with Gasteiger partial charge in [0.25, 0.3) is 0 Å². The van der Waals surface area contributed by atoms with Gasteiger partial charge in [-0.3, -0.25) is 4.57 Å². The van der Waals surface area contributed by atoms with E-state index in [1.54, 1.807) is 7.05 Å². The molecule has 16 heavy (non-hydrogen) atoms. The molecule has 0 radical (unpaired) electrons. The van der Waals surface area contributed by atoms with E-state index in [0.717, 1.165) is 9.37 Å². The number of rotatable bonds is 2. The maximum atomic E-state index is 11.2. The van der Waals surface area contributed by atoms with Crippen LogP contribution in [0, 0.1) is 0 Å². The third-order valence-corrected chi connectivity index (χ3v) is 3.64. The predicted octanol–water partition coefficient (Wildman–Crippen LogP) is 1.60. The Balaban J connectivity index is 2.34. The maximum Gasteiger partial charge on any atom is 0.343 e. The number of anilines is 1. The number of nitrogens with one attached hydrogen (secondary N) is 1. The predicted molar refractivity (Wildman–Crippen MR) is 66.5 cm³/mol. The zero-order chi connectivity index (χ0) is 11.7. The van der Waals surface area contributed by atoms with E-state index in [9.17, 15) is 4.79 Å². The fourth-order valence-corrected chi connectivity index (χ4v) is 2.33. The van der Waals surface area contributed by atoms with Gasteiger partial charge in [-0.15, -0.1) is 5.10 Å². The summed E-state index contributed by atoms with van der Waals surface area (Å²) in [6.07, 6.45) is 0. The van der Waals surface area contributed by atoms with Gasteiger partial charge in [0.15, 0.2) is 5.16 Å². The van der Waals surface area contributed by atoms with Crippen molar-refractivity contribution in [3.63, 3.8) is 0 Å². The number of aromatic nitrogens is 3. The first kappa shape index (κ1) is 11.3. The lowest BCUT2D eigenvalue weighted by Gasteiger charge is -2.04. The lowest BCUT2D eigenvalue weighted by molar-refractivity contribution is 0.766. The zero-order valence-electron chi connectivity index (χ0n) is 8.40. The number of aromatic amines is 1. The van der Waals surface area contributed by atoms with Gasteiger partial charge in [0.2, 0.25) is 0 Å². The minimum atomic E-state index is -0.238. The second-order valence-corrected chi connectivity index (χ2v) is 5.08. The van der Waals surface area contributed by atoms with Gasteiger partial charge in [-0.25, -0.2) is 9.89 Å². The van der Waals surface area contributed by atoms with Crippen LogP contribution in [0.5, 0.6) is 0 Å². The molecule has 0 aliphatic carbocycles. The second kappa shape index (κ2) is 4.34. The average molecular weight is 301 g/mol. The first-order valence-electron chi connectivity index (χ1n) is 4.42. The van der Waals surface area contributed by atoms with Crippen molar-refractivity contribution in [2.75, 3.05) is 5.73 Å². The first-order chi connectivity index (χ1) is 7.58. The fourth-order valence-electron chi connectivity index (χ4n) is 1.13. The molecule has 84 valence electrons. The van der Waals surface area contributed by atoms with Crippen LogP contribution in [0.3, 0.4) is 0 Å². The molecule has 0 amide bonds. The number of benzene rings is 1. The van der Waals surface area contributed by atoms with E-state index in [-0.39, 0.29) is 5.69 Å². The molecule has 1 aromatic heterocycles. The van der Waals surface area contributed by atoms with E-state index in [1.807, 2.05) is 18.2 Å². The summed E-state index contributed by atoms with van der Waals surface area (Å²) in [5, 5.41) is 6.85. The number of nitrogens with two attached hydrogens (primary N) is 1. The highest BCUT2D eigenvalue weighted by Crippen LogP contribution is 2.31. The van der Waals surface area contributed by atoms with Crippen LogP contribution < -0.4 is 11.4 Å². The third-order valence-electron chi connectivity index (χ3n) is 2.01. The topological polar surface area (TPSA) is 76.7 Å². The molecule has 0 aliphatic heterocycles. The van der Waals surface area contributed by atoms with Gasteiger partial charge >= 0.3 is 5.69 Å². The van der Waals surface area contributed by atoms with Gasteiger partial charge < -0.3 is 5.73 Å². The van der Waals surface area contributed by atoms with Crippen molar-refractivity contribution in [2.45, 2.75) is 10.1 Å². The molecule has 1 heterocycles. The van der Waals surface area contributed by atoms with E-state index in [4.69, 9.17) is 5.73 Å². The van der Waals surface area contributed by atoms with Crippen LogP contribution in [-0.4, -0.2) is 14.8 Å². The lowest BCUT2D eigenvalue weighted by atomic mass is 10.3. The van der Waals surface area contributed by atoms with E-state index < -0.39 is 0 Å². The van der Waals surface area contributed by atoms with Gasteiger partial charge in [0.1, 0.15) is 0 Å². The van der Waals surface area contributed by atoms with Crippen molar-refractivity contribution in [3.8, 4) is 0 Å². The molecule has 1 aromatic carbocycles. The van der Waals surface area contributed by atoms with Crippen molar-refractivity contribution in [1.29, 1.82) is 0 Å². The molecule has 0 atom stereocenters. The van der Waals surface area contributed by atoms with Crippen LogP contribution in [-0.2, 0) is 7.05 Å². The molecule has 0 spiro atoms. The fraction of sp³-hybridized carbons (Fsp3) is 0.111. The number of halogens is 1. The van der Waals surface area contributed by atoms with Crippen LogP contribution >= 0.6 is 27.7 Å². The highest BCUT2D eigenvalue weighted by molar-refractivity contribution is 9.10. The van der Waals surface area contributed by atoms with E-state index in [2.05, 4.69) is 26.1 Å². The molecule has 3 N–H and O–H groups in total. The summed E-state index contributed by atoms with van der Waals surface area (Å²) in [5.74, 6) is 0. The Bertz CT molecular complexity index is 577. The highest BCUT2D eigenvalue weighted by Gasteiger charge is 2.08. The molecule has 0 fully saturated rings. The van der Waals surface area contributed by atoms with Crippen LogP contribution in [0.15, 0.2) is 37.5 Å². The van der Waals surface area contributed by atoms with Crippen molar-refractivity contribution >= 4 is 33.4 Å². The maximum absolute atomic E-state index is 11.2. The lowest BCUT2D eigenvalue weighted by Crippen LogP contribution is -2.12. The number of H-pyrrole nitrogens is 1. The Morgan fingerprint density at radius 1 is 1.56 bits per heavy atom. The number of hydrogen-bond acceptors (Lipinski definition) is 4. The summed E-state index contributed by atoms with van der Waals surface area (Å²) in [6, 6.07) is 5.58. The van der Waals surface area contributed by atoms with E-state index in [1.165, 1.54) is 16.3 Å². The molecule has 5 nitrogen and oxygen atoms in total. The number of hydrogen-bond donors (Lipinski definition) is 2. The van der Waals surface area contributed by atoms with Gasteiger partial charge in [-0.05, 0) is 30.0 Å². The van der Waals surface area contributed by atoms with Gasteiger partial charge in [0.05, 0.1) is 0 Å². The minimum Gasteiger partial charge on any atom is -0.398 e. The molecule has 2 aromatic rings. The normalized spacial score (nSPS) is 10.6. The van der Waals surface area contributed by atoms with Crippen LogP contribution in [0.25, 0.3) is 0 Å². The summed E-state index contributed by atoms with van der Waals surface area (Å²) < 4.78 is 2.36. The zero-order valence-corrected chi connectivity index (χ0v) is 10.8. The van der Waals surface area contributed by atoms with Crippen LogP contribution in [0.1, 0.15) is 0 Å². The molecule has 0 saturated heterocycles. The summed E-state index contributed by atoms with van der Waals surface area (Å²) in [6.45, 7) is 0. The number of nitrogen functional groups attached to an aromatic ring is 1. The molecule has 0 aliphatic rings. The Hall–Kier alpha value is -1.21. The molecule has 7 heteroatoms. The molecular formula is C9H9BrN4OS. The summed E-state index contributed by atoms with van der Waals surface area (Å²) >= 11 is 4.68. The van der Waals surface area contributed by atoms with Crippen LogP contribution in [0.4, 0.5) is 5.69 Å². The van der Waals surface area contributed by atoms with Crippen molar-refractivity contribution in [3.05, 3.63) is 33.2 Å². The van der Waals surface area contributed by atoms with E-state index in [0.29, 0.717) is 10.8 Å². The van der Waals surface area contributed by atoms with Gasteiger partial charge in [-0.2, -0.15) is 0 Å². The second-order valence-electron chi connectivity index (χ2n) is 3.15. The molecule has 0 bridgehead atoms. The Labute approximate surface area is 104 Å². The molecule has 2 rings (SSSR count). The summed E-state index contributed by atoms with van der Waals surface area (Å²) in [7, 11) is 1.66. The summed E-state index contributed by atoms with van der Waals surface area (Å²) in [4.78, 5) is 12.0. The third kappa shape index (κ3) is 2.14. The van der Waals surface area contributed by atoms with E-state index >= 15 is 0 Å². The Morgan fingerprint density at radius 3 is 2.88 bits per heavy atom. The Kier molecular flexibility index (Phi) is 3.06. The SMILES string of the molecule is Cn1c(Sc2ccc(Br)cc2N)n[nH]c1=O. The largest absolute Gasteiger partial charge is 0.398 e. The summed E-state index contributed by atoms with van der Waals surface area (Å²) in [5.41, 5.74) is 6.26. The highest BCUT2D eigenvalue weighted by atomic mass is 79.9. The Morgan fingerprint density at radius 2 is 2.31 bits per heavy atom. The minimum absolute atomic E-state index is 0.238. The van der Waals surface area contributed by atoms with Crippen LogP contribution in [0.2, 0.25) is 0 Å². The monoisotopic (exact) mass is 300 g/mol. The smallest absolute Gasteiger partial charge is 0.343 e. The molecular weight excluding hydrogens is 292 g/mol. The molecule has 0 saturated carbocycles.